The van der Waals surface area contributed by atoms with Gasteiger partial charge in [0.2, 0.25) is 21.6 Å². The fourth-order valence-corrected chi connectivity index (χ4v) is 10.6. The fourth-order valence-electron chi connectivity index (χ4n) is 3.45. The van der Waals surface area contributed by atoms with Gasteiger partial charge in [-0.1, -0.05) is 6.42 Å². The average molecular weight is 474 g/mol. The minimum absolute atomic E-state index is 0.0257. The summed E-state index contributed by atoms with van der Waals surface area (Å²) in [7, 11) is -8.13. The van der Waals surface area contributed by atoms with E-state index in [0.717, 1.165) is 19.3 Å². The van der Waals surface area contributed by atoms with Crippen LogP contribution in [0.3, 0.4) is 0 Å². The van der Waals surface area contributed by atoms with E-state index in [-0.39, 0.29) is 18.6 Å². The molecule has 2 unspecified atom stereocenters. The second-order valence-corrected chi connectivity index (χ2v) is 21.6. The molecule has 7 nitrogen and oxygen atoms in total. The molecule has 0 bridgehead atoms. The van der Waals surface area contributed by atoms with Crippen LogP contribution in [-0.2, 0) is 29.2 Å². The number of likely N-dealkylation sites (tertiary alicyclic amines) is 1. The molecule has 1 fully saturated rings. The molecule has 170 valence electrons. The Hall–Kier alpha value is -1.16. The zero-order valence-corrected chi connectivity index (χ0v) is 22.0. The molecule has 0 spiro atoms. The zero-order valence-electron chi connectivity index (χ0n) is 19.1. The lowest BCUT2D eigenvalue weighted by atomic mass is 10.2. The minimum atomic E-state index is -3.60. The van der Waals surface area contributed by atoms with E-state index in [4.69, 9.17) is 13.1 Å². The molecule has 0 N–H and O–H groups in total. The van der Waals surface area contributed by atoms with E-state index in [1.807, 2.05) is 39.3 Å². The Morgan fingerprint density at radius 2 is 1.87 bits per heavy atom. The number of hydrogen-bond donors (Lipinski definition) is 0. The number of nitrogens with zero attached hydrogens (tertiary/aromatic N) is 1. The molecule has 0 radical (unpaired) electrons. The Balaban J connectivity index is 2.43. The predicted molar refractivity (Wildman–Crippen MR) is 123 cm³/mol. The van der Waals surface area contributed by atoms with Crippen molar-refractivity contribution in [3.63, 3.8) is 0 Å². The van der Waals surface area contributed by atoms with Crippen molar-refractivity contribution in [3.8, 4) is 0 Å². The first kappa shape index (κ1) is 25.1. The molecule has 1 saturated heterocycles. The van der Waals surface area contributed by atoms with Gasteiger partial charge in [0.25, 0.3) is 0 Å². The van der Waals surface area contributed by atoms with Crippen LogP contribution in [0.1, 0.15) is 31.4 Å². The van der Waals surface area contributed by atoms with Gasteiger partial charge in [-0.15, -0.1) is 0 Å². The van der Waals surface area contributed by atoms with Crippen molar-refractivity contribution in [2.75, 3.05) is 12.8 Å². The minimum Gasteiger partial charge on any atom is -0.519 e. The quantitative estimate of drug-likeness (QED) is 0.368. The molecule has 1 aromatic rings. The fraction of sp³-hybridized carbons (Fsp3) is 0.700. The second-order valence-electron chi connectivity index (χ2n) is 9.87. The molecule has 1 aliphatic heterocycles. The molecule has 10 heteroatoms. The number of hydrogen-bond acceptors (Lipinski definition) is 6. The first-order chi connectivity index (χ1) is 13.8. The summed E-state index contributed by atoms with van der Waals surface area (Å²) in [5.74, 6) is 0.00533. The van der Waals surface area contributed by atoms with Crippen molar-refractivity contribution in [3.05, 3.63) is 24.2 Å². The van der Waals surface area contributed by atoms with Crippen LogP contribution in [0.2, 0.25) is 39.3 Å². The summed E-state index contributed by atoms with van der Waals surface area (Å²) in [5.41, 5.74) is -1.00. The smallest absolute Gasteiger partial charge is 0.305 e. The van der Waals surface area contributed by atoms with E-state index in [1.165, 1.54) is 6.26 Å². The molecule has 2 heterocycles. The number of carbonyl (C=O) groups is 2. The van der Waals surface area contributed by atoms with E-state index in [2.05, 4.69) is 0 Å². The largest absolute Gasteiger partial charge is 0.519 e. The van der Waals surface area contributed by atoms with Crippen LogP contribution in [0.15, 0.2) is 22.8 Å². The maximum Gasteiger partial charge on any atom is 0.305 e. The highest BCUT2D eigenvalue weighted by atomic mass is 31.2. The summed E-state index contributed by atoms with van der Waals surface area (Å²) < 4.78 is 31.9. The molecule has 1 amide bonds. The van der Waals surface area contributed by atoms with Crippen molar-refractivity contribution in [2.24, 2.45) is 0 Å². The van der Waals surface area contributed by atoms with Crippen LogP contribution >= 0.6 is 7.37 Å². The highest BCUT2D eigenvalue weighted by Gasteiger charge is 2.46. The van der Waals surface area contributed by atoms with Crippen molar-refractivity contribution in [1.29, 1.82) is 0 Å². The Bertz CT molecular complexity index is 769. The SMILES string of the molecule is C[Si](C)(C)OC(=O)C(Cc1ccco1)P(=O)(CN1CCCCCC1=O)O[Si](C)(C)C. The first-order valence-corrected chi connectivity index (χ1v) is 19.3. The summed E-state index contributed by atoms with van der Waals surface area (Å²) in [6.45, 7) is 12.1. The van der Waals surface area contributed by atoms with Gasteiger partial charge >= 0.3 is 5.97 Å². The molecule has 0 aliphatic carbocycles. The van der Waals surface area contributed by atoms with Gasteiger partial charge in [-0.05, 0) is 64.3 Å². The Morgan fingerprint density at radius 1 is 1.17 bits per heavy atom. The van der Waals surface area contributed by atoms with Gasteiger partial charge in [0.15, 0.2) is 8.32 Å². The normalized spacial score (nSPS) is 19.1. The van der Waals surface area contributed by atoms with Crippen LogP contribution in [0.4, 0.5) is 0 Å². The van der Waals surface area contributed by atoms with Gasteiger partial charge in [-0.2, -0.15) is 0 Å². The highest BCUT2D eigenvalue weighted by Crippen LogP contribution is 2.56. The van der Waals surface area contributed by atoms with Crippen molar-refractivity contribution in [2.45, 2.75) is 77.0 Å². The van der Waals surface area contributed by atoms with Crippen molar-refractivity contribution < 1.29 is 27.2 Å². The number of carbonyl (C=O) groups excluding carboxylic acids is 2. The van der Waals surface area contributed by atoms with Gasteiger partial charge in [0, 0.05) is 19.4 Å². The molecular weight excluding hydrogens is 437 g/mol. The summed E-state index contributed by atoms with van der Waals surface area (Å²) in [6.07, 6.45) is 4.70. The summed E-state index contributed by atoms with van der Waals surface area (Å²) >= 11 is 0. The van der Waals surface area contributed by atoms with Crippen LogP contribution in [0, 0.1) is 0 Å². The van der Waals surface area contributed by atoms with E-state index in [0.29, 0.717) is 18.7 Å². The first-order valence-electron chi connectivity index (χ1n) is 10.6. The van der Waals surface area contributed by atoms with Gasteiger partial charge in [-0.25, -0.2) is 0 Å². The lowest BCUT2D eigenvalue weighted by Gasteiger charge is -2.35. The van der Waals surface area contributed by atoms with E-state index < -0.39 is 35.6 Å². The lowest BCUT2D eigenvalue weighted by Crippen LogP contribution is -2.42. The molecule has 2 atom stereocenters. The number of rotatable bonds is 9. The third-order valence-electron chi connectivity index (χ3n) is 4.60. The monoisotopic (exact) mass is 473 g/mol. The number of amides is 1. The lowest BCUT2D eigenvalue weighted by molar-refractivity contribution is -0.135. The molecule has 0 saturated carbocycles. The second kappa shape index (κ2) is 9.98. The van der Waals surface area contributed by atoms with Crippen molar-refractivity contribution >= 4 is 35.9 Å². The maximum atomic E-state index is 14.4. The molecular formula is C20H36NO6PSi2. The van der Waals surface area contributed by atoms with E-state index in [9.17, 15) is 14.2 Å². The summed E-state index contributed by atoms with van der Waals surface area (Å²) in [4.78, 5) is 27.5. The topological polar surface area (TPSA) is 86.0 Å². The van der Waals surface area contributed by atoms with E-state index >= 15 is 0 Å². The molecule has 1 aliphatic rings. The van der Waals surface area contributed by atoms with Gasteiger partial charge in [-0.3, -0.25) is 14.2 Å². The van der Waals surface area contributed by atoms with Crippen LogP contribution in [0.25, 0.3) is 0 Å². The maximum absolute atomic E-state index is 14.4. The Kier molecular flexibility index (Phi) is 8.35. The number of furan rings is 1. The zero-order chi connectivity index (χ0) is 22.6. The van der Waals surface area contributed by atoms with Crippen LogP contribution < -0.4 is 0 Å². The van der Waals surface area contributed by atoms with Crippen LogP contribution in [0.5, 0.6) is 0 Å². The Labute approximate surface area is 182 Å². The molecule has 2 rings (SSSR count). The van der Waals surface area contributed by atoms with Gasteiger partial charge in [0.05, 0.1) is 12.5 Å². The Morgan fingerprint density at radius 3 is 2.43 bits per heavy atom. The predicted octanol–water partition coefficient (Wildman–Crippen LogP) is 5.06. The van der Waals surface area contributed by atoms with Crippen LogP contribution in [-0.4, -0.2) is 51.9 Å². The molecule has 30 heavy (non-hydrogen) atoms. The van der Waals surface area contributed by atoms with Gasteiger partial charge < -0.3 is 18.0 Å². The van der Waals surface area contributed by atoms with Gasteiger partial charge in [0.1, 0.15) is 11.4 Å². The third-order valence-corrected chi connectivity index (χ3v) is 10.9. The van der Waals surface area contributed by atoms with E-state index in [1.54, 1.807) is 17.0 Å². The van der Waals surface area contributed by atoms with Crippen molar-refractivity contribution in [1.82, 2.24) is 4.90 Å². The summed E-state index contributed by atoms with van der Waals surface area (Å²) in [6, 6.07) is 3.49. The molecule has 0 aromatic carbocycles. The molecule has 1 aromatic heterocycles. The third kappa shape index (κ3) is 7.83. The summed E-state index contributed by atoms with van der Waals surface area (Å²) in [5, 5.41) is 0. The standard InChI is InChI=1S/C20H36NO6PSi2/c1-29(2,3)26-20(23)18(15-17-11-10-14-25-17)28(24,27-30(4,5)6)16-21-13-9-7-8-12-19(21)22/h10-11,14,18H,7-9,12-13,15-16H2,1-6H3. The highest BCUT2D eigenvalue weighted by molar-refractivity contribution is 7.62. The average Bonchev–Trinajstić information content (AvgIpc) is 3.00.